The Balaban J connectivity index is 2.23. The fraction of sp³-hybridized carbons (Fsp3) is 0.318. The molecule has 0 amide bonds. The van der Waals surface area contributed by atoms with Crippen LogP contribution in [0, 0.1) is 6.92 Å². The minimum absolute atomic E-state index is 0.0628. The number of rotatable bonds is 9. The standard InChI is InChI=1S/C22H26O4/c1-5-24-19-11-8-17(9-12-19)21(23)13-10-18-14-20(25-6-2)15-22(16(18)4)26-7-3/h8-15H,5-7H2,1-4H3/b13-10+. The lowest BCUT2D eigenvalue weighted by Gasteiger charge is -2.13. The topological polar surface area (TPSA) is 44.8 Å². The molecule has 0 atom stereocenters. The van der Waals surface area contributed by atoms with Gasteiger partial charge in [-0.3, -0.25) is 4.79 Å². The van der Waals surface area contributed by atoms with Crippen molar-refractivity contribution in [1.29, 1.82) is 0 Å². The molecule has 0 bridgehead atoms. The Labute approximate surface area is 155 Å². The van der Waals surface area contributed by atoms with Crippen LogP contribution in [0.1, 0.15) is 42.3 Å². The highest BCUT2D eigenvalue weighted by molar-refractivity contribution is 6.07. The van der Waals surface area contributed by atoms with Crippen molar-refractivity contribution >= 4 is 11.9 Å². The highest BCUT2D eigenvalue weighted by Gasteiger charge is 2.09. The molecule has 0 fully saturated rings. The van der Waals surface area contributed by atoms with Gasteiger partial charge in [0.2, 0.25) is 0 Å². The molecule has 0 aromatic heterocycles. The second-order valence-electron chi connectivity index (χ2n) is 5.66. The molecular weight excluding hydrogens is 328 g/mol. The van der Waals surface area contributed by atoms with E-state index in [1.165, 1.54) is 0 Å². The zero-order valence-electron chi connectivity index (χ0n) is 15.9. The van der Waals surface area contributed by atoms with Gasteiger partial charge in [0.05, 0.1) is 19.8 Å². The van der Waals surface area contributed by atoms with Crippen molar-refractivity contribution < 1.29 is 19.0 Å². The summed E-state index contributed by atoms with van der Waals surface area (Å²) in [4.78, 5) is 12.4. The molecule has 0 aliphatic carbocycles. The number of ether oxygens (including phenoxy) is 3. The molecular formula is C22H26O4. The van der Waals surface area contributed by atoms with E-state index in [4.69, 9.17) is 14.2 Å². The van der Waals surface area contributed by atoms with E-state index in [-0.39, 0.29) is 5.78 Å². The number of carbonyl (C=O) groups excluding carboxylic acids is 1. The zero-order valence-corrected chi connectivity index (χ0v) is 15.9. The third-order valence-corrected chi connectivity index (χ3v) is 3.85. The van der Waals surface area contributed by atoms with Crippen LogP contribution in [0.3, 0.4) is 0 Å². The number of allylic oxidation sites excluding steroid dienone is 1. The molecule has 0 aliphatic rings. The molecule has 4 heteroatoms. The monoisotopic (exact) mass is 354 g/mol. The van der Waals surface area contributed by atoms with Crippen molar-refractivity contribution in [3.63, 3.8) is 0 Å². The maximum absolute atomic E-state index is 12.4. The van der Waals surface area contributed by atoms with Crippen LogP contribution < -0.4 is 14.2 Å². The fourth-order valence-corrected chi connectivity index (χ4v) is 2.56. The van der Waals surface area contributed by atoms with Gasteiger partial charge < -0.3 is 14.2 Å². The van der Waals surface area contributed by atoms with Crippen molar-refractivity contribution in [3.8, 4) is 17.2 Å². The van der Waals surface area contributed by atoms with E-state index in [1.54, 1.807) is 36.4 Å². The Hall–Kier alpha value is -2.75. The first-order valence-corrected chi connectivity index (χ1v) is 8.94. The molecule has 138 valence electrons. The molecule has 0 heterocycles. The molecule has 26 heavy (non-hydrogen) atoms. The van der Waals surface area contributed by atoms with Crippen LogP contribution in [0.5, 0.6) is 17.2 Å². The Kier molecular flexibility index (Phi) is 7.27. The summed E-state index contributed by atoms with van der Waals surface area (Å²) < 4.78 is 16.7. The lowest BCUT2D eigenvalue weighted by atomic mass is 10.0. The summed E-state index contributed by atoms with van der Waals surface area (Å²) >= 11 is 0. The van der Waals surface area contributed by atoms with E-state index in [0.717, 1.165) is 28.4 Å². The lowest BCUT2D eigenvalue weighted by molar-refractivity contribution is 0.104. The van der Waals surface area contributed by atoms with Gasteiger partial charge in [0, 0.05) is 11.6 Å². The second kappa shape index (κ2) is 9.66. The molecule has 0 aliphatic heterocycles. The van der Waals surface area contributed by atoms with E-state index in [9.17, 15) is 4.79 Å². The zero-order chi connectivity index (χ0) is 18.9. The van der Waals surface area contributed by atoms with Crippen LogP contribution in [0.4, 0.5) is 0 Å². The van der Waals surface area contributed by atoms with Crippen molar-refractivity contribution in [2.24, 2.45) is 0 Å². The average Bonchev–Trinajstić information content (AvgIpc) is 2.64. The van der Waals surface area contributed by atoms with Crippen molar-refractivity contribution in [2.75, 3.05) is 19.8 Å². The van der Waals surface area contributed by atoms with Gasteiger partial charge in [-0.1, -0.05) is 6.08 Å². The summed E-state index contributed by atoms with van der Waals surface area (Å²) in [5.41, 5.74) is 2.50. The number of hydrogen-bond donors (Lipinski definition) is 0. The normalized spacial score (nSPS) is 10.8. The number of carbonyl (C=O) groups is 1. The molecule has 0 saturated carbocycles. The van der Waals surface area contributed by atoms with E-state index in [2.05, 4.69) is 0 Å². The first-order chi connectivity index (χ1) is 12.6. The molecule has 0 N–H and O–H groups in total. The summed E-state index contributed by atoms with van der Waals surface area (Å²) in [7, 11) is 0. The van der Waals surface area contributed by atoms with Crippen LogP contribution in [0.25, 0.3) is 6.08 Å². The quantitative estimate of drug-likeness (QED) is 0.465. The van der Waals surface area contributed by atoms with E-state index in [1.807, 2.05) is 39.8 Å². The maximum atomic E-state index is 12.4. The largest absolute Gasteiger partial charge is 0.494 e. The fourth-order valence-electron chi connectivity index (χ4n) is 2.56. The van der Waals surface area contributed by atoms with Crippen LogP contribution in [0.2, 0.25) is 0 Å². The van der Waals surface area contributed by atoms with Gasteiger partial charge in [0.15, 0.2) is 5.78 Å². The molecule has 0 unspecified atom stereocenters. The smallest absolute Gasteiger partial charge is 0.185 e. The van der Waals surface area contributed by atoms with Gasteiger partial charge in [0.1, 0.15) is 17.2 Å². The molecule has 0 saturated heterocycles. The number of ketones is 1. The number of hydrogen-bond acceptors (Lipinski definition) is 4. The minimum atomic E-state index is -0.0628. The van der Waals surface area contributed by atoms with Crippen LogP contribution in [0.15, 0.2) is 42.5 Å². The molecule has 2 aromatic carbocycles. The molecule has 0 spiro atoms. The van der Waals surface area contributed by atoms with Crippen LogP contribution in [-0.2, 0) is 0 Å². The lowest BCUT2D eigenvalue weighted by Crippen LogP contribution is -1.99. The van der Waals surface area contributed by atoms with Gasteiger partial charge in [0.25, 0.3) is 0 Å². The highest BCUT2D eigenvalue weighted by atomic mass is 16.5. The Morgan fingerprint density at radius 3 is 2.12 bits per heavy atom. The Morgan fingerprint density at radius 2 is 1.50 bits per heavy atom. The third-order valence-electron chi connectivity index (χ3n) is 3.85. The van der Waals surface area contributed by atoms with Crippen molar-refractivity contribution in [3.05, 3.63) is 59.2 Å². The van der Waals surface area contributed by atoms with Gasteiger partial charge in [-0.15, -0.1) is 0 Å². The summed E-state index contributed by atoms with van der Waals surface area (Å²) in [6.45, 7) is 9.53. The second-order valence-corrected chi connectivity index (χ2v) is 5.66. The summed E-state index contributed by atoms with van der Waals surface area (Å²) in [5, 5.41) is 0. The summed E-state index contributed by atoms with van der Waals surface area (Å²) in [6, 6.07) is 11.0. The predicted molar refractivity (Wildman–Crippen MR) is 104 cm³/mol. The molecule has 2 aromatic rings. The third kappa shape index (κ3) is 5.12. The summed E-state index contributed by atoms with van der Waals surface area (Å²) in [5.74, 6) is 2.20. The maximum Gasteiger partial charge on any atom is 0.185 e. The van der Waals surface area contributed by atoms with E-state index >= 15 is 0 Å². The van der Waals surface area contributed by atoms with Crippen LogP contribution >= 0.6 is 0 Å². The molecule has 0 radical (unpaired) electrons. The minimum Gasteiger partial charge on any atom is -0.494 e. The first-order valence-electron chi connectivity index (χ1n) is 8.94. The SMILES string of the molecule is CCOc1ccc(C(=O)/C=C/c2cc(OCC)cc(OCC)c2C)cc1. The highest BCUT2D eigenvalue weighted by Crippen LogP contribution is 2.29. The van der Waals surface area contributed by atoms with Crippen LogP contribution in [-0.4, -0.2) is 25.6 Å². The van der Waals surface area contributed by atoms with Gasteiger partial charge in [-0.2, -0.15) is 0 Å². The summed E-state index contributed by atoms with van der Waals surface area (Å²) in [6.07, 6.45) is 3.38. The average molecular weight is 354 g/mol. The van der Waals surface area contributed by atoms with Crippen molar-refractivity contribution in [1.82, 2.24) is 0 Å². The van der Waals surface area contributed by atoms with E-state index in [0.29, 0.717) is 25.4 Å². The van der Waals surface area contributed by atoms with Gasteiger partial charge >= 0.3 is 0 Å². The molecule has 2 rings (SSSR count). The number of benzene rings is 2. The van der Waals surface area contributed by atoms with Crippen molar-refractivity contribution in [2.45, 2.75) is 27.7 Å². The Bertz CT molecular complexity index is 760. The van der Waals surface area contributed by atoms with Gasteiger partial charge in [-0.25, -0.2) is 0 Å². The predicted octanol–water partition coefficient (Wildman–Crippen LogP) is 5.09. The first kappa shape index (κ1) is 19.6. The molecule has 4 nitrogen and oxygen atoms in total. The van der Waals surface area contributed by atoms with E-state index < -0.39 is 0 Å². The Morgan fingerprint density at radius 1 is 0.885 bits per heavy atom. The van der Waals surface area contributed by atoms with Gasteiger partial charge in [-0.05, 0) is 75.2 Å².